The number of hydrogen-bond donors (Lipinski definition) is 0. The third-order valence-electron chi connectivity index (χ3n) is 3.22. The molecule has 0 spiro atoms. The Morgan fingerprint density at radius 1 is 0.308 bits per heavy atom. The predicted molar refractivity (Wildman–Crippen MR) is 101 cm³/mol. The Hall–Kier alpha value is -0.280. The highest BCUT2D eigenvalue weighted by atomic mass is 16.6. The zero-order valence-electron chi connectivity index (χ0n) is 16.9. The monoisotopic (exact) mass is 380 g/mol. The van der Waals surface area contributed by atoms with Crippen LogP contribution in [0.3, 0.4) is 0 Å². The molecule has 0 aromatic heterocycles. The van der Waals surface area contributed by atoms with E-state index in [9.17, 15) is 0 Å². The summed E-state index contributed by atoms with van der Waals surface area (Å²) in [5, 5.41) is 0. The fourth-order valence-electron chi connectivity index (χ4n) is 1.81. The first-order valence-electron chi connectivity index (χ1n) is 9.96. The van der Waals surface area contributed by atoms with Crippen molar-refractivity contribution in [1.29, 1.82) is 0 Å². The van der Waals surface area contributed by atoms with Gasteiger partial charge in [-0.3, -0.25) is 0 Å². The molecule has 158 valence electrons. The van der Waals surface area contributed by atoms with E-state index in [4.69, 9.17) is 33.2 Å². The maximum atomic E-state index is 5.42. The number of rotatable bonds is 23. The van der Waals surface area contributed by atoms with E-state index < -0.39 is 0 Å². The van der Waals surface area contributed by atoms with E-state index in [1.54, 1.807) is 0 Å². The van der Waals surface area contributed by atoms with Crippen molar-refractivity contribution < 1.29 is 33.2 Å². The maximum absolute atomic E-state index is 5.42. The summed E-state index contributed by atoms with van der Waals surface area (Å²) < 4.78 is 37.7. The molecule has 0 N–H and O–H groups in total. The van der Waals surface area contributed by atoms with Crippen LogP contribution < -0.4 is 0 Å². The van der Waals surface area contributed by atoms with Crippen LogP contribution in [0.1, 0.15) is 33.1 Å². The molecule has 0 aromatic carbocycles. The smallest absolute Gasteiger partial charge is 0.0701 e. The maximum Gasteiger partial charge on any atom is 0.0701 e. The van der Waals surface area contributed by atoms with E-state index in [2.05, 4.69) is 13.8 Å². The molecule has 0 fully saturated rings. The number of ether oxygens (including phenoxy) is 7. The van der Waals surface area contributed by atoms with Gasteiger partial charge in [-0.15, -0.1) is 0 Å². The van der Waals surface area contributed by atoms with Gasteiger partial charge in [0.1, 0.15) is 0 Å². The van der Waals surface area contributed by atoms with Crippen molar-refractivity contribution in [1.82, 2.24) is 0 Å². The molecule has 0 bridgehead atoms. The first-order valence-corrected chi connectivity index (χ1v) is 9.96. The first-order chi connectivity index (χ1) is 12.9. The topological polar surface area (TPSA) is 64.6 Å². The number of hydrogen-bond acceptors (Lipinski definition) is 7. The Bertz CT molecular complexity index is 218. The molecule has 0 aliphatic heterocycles. The molecular weight excluding hydrogens is 340 g/mol. The zero-order valence-corrected chi connectivity index (χ0v) is 16.9. The molecule has 0 aromatic rings. The van der Waals surface area contributed by atoms with Crippen molar-refractivity contribution in [3.05, 3.63) is 0 Å². The molecule has 0 unspecified atom stereocenters. The lowest BCUT2D eigenvalue weighted by Crippen LogP contribution is -2.14. The molecule has 0 saturated carbocycles. The van der Waals surface area contributed by atoms with Crippen LogP contribution >= 0.6 is 0 Å². The van der Waals surface area contributed by atoms with Crippen molar-refractivity contribution in [3.63, 3.8) is 0 Å². The lowest BCUT2D eigenvalue weighted by Gasteiger charge is -2.08. The Morgan fingerprint density at radius 2 is 0.577 bits per heavy atom. The molecule has 0 rings (SSSR count). The SMILES string of the molecule is CCCCOCCOCCOCCOCCOCCOCCOCCC. The van der Waals surface area contributed by atoms with E-state index in [1.807, 2.05) is 0 Å². The minimum atomic E-state index is 0.564. The Labute approximate surface area is 159 Å². The fourth-order valence-corrected chi connectivity index (χ4v) is 1.81. The summed E-state index contributed by atoms with van der Waals surface area (Å²) >= 11 is 0. The summed E-state index contributed by atoms with van der Waals surface area (Å²) in [5.74, 6) is 0. The normalized spacial score (nSPS) is 11.3. The number of unbranched alkanes of at least 4 members (excludes halogenated alkanes) is 1. The Kier molecular flexibility index (Phi) is 24.5. The van der Waals surface area contributed by atoms with Crippen molar-refractivity contribution in [2.24, 2.45) is 0 Å². The van der Waals surface area contributed by atoms with Gasteiger partial charge in [-0.2, -0.15) is 0 Å². The van der Waals surface area contributed by atoms with Crippen molar-refractivity contribution >= 4 is 0 Å². The summed E-state index contributed by atoms with van der Waals surface area (Å²) in [7, 11) is 0. The molecule has 0 aliphatic rings. The molecule has 7 nitrogen and oxygen atoms in total. The van der Waals surface area contributed by atoms with Crippen molar-refractivity contribution in [3.8, 4) is 0 Å². The molecule has 0 aliphatic carbocycles. The van der Waals surface area contributed by atoms with Gasteiger partial charge in [-0.25, -0.2) is 0 Å². The van der Waals surface area contributed by atoms with Crippen LogP contribution in [0.25, 0.3) is 0 Å². The highest BCUT2D eigenvalue weighted by Gasteiger charge is 1.94. The van der Waals surface area contributed by atoms with E-state index in [0.29, 0.717) is 79.3 Å². The summed E-state index contributed by atoms with van der Waals surface area (Å²) in [6.07, 6.45) is 3.30. The van der Waals surface area contributed by atoms with Gasteiger partial charge in [0, 0.05) is 13.2 Å². The van der Waals surface area contributed by atoms with Crippen LogP contribution in [-0.4, -0.2) is 92.5 Å². The first kappa shape index (κ1) is 25.7. The van der Waals surface area contributed by atoms with Gasteiger partial charge in [0.25, 0.3) is 0 Å². The van der Waals surface area contributed by atoms with Crippen LogP contribution in [0.15, 0.2) is 0 Å². The van der Waals surface area contributed by atoms with Crippen LogP contribution in [0.4, 0.5) is 0 Å². The molecule has 7 heteroatoms. The van der Waals surface area contributed by atoms with Gasteiger partial charge >= 0.3 is 0 Å². The largest absolute Gasteiger partial charge is 0.379 e. The molecular formula is C19H40O7. The summed E-state index contributed by atoms with van der Waals surface area (Å²) in [4.78, 5) is 0. The lowest BCUT2D eigenvalue weighted by atomic mass is 10.4. The second-order valence-corrected chi connectivity index (χ2v) is 5.64. The molecule has 0 atom stereocenters. The third-order valence-corrected chi connectivity index (χ3v) is 3.22. The summed E-state index contributed by atoms with van der Waals surface area (Å²) in [6.45, 7) is 13.0. The highest BCUT2D eigenvalue weighted by molar-refractivity contribution is 4.37. The molecule has 26 heavy (non-hydrogen) atoms. The van der Waals surface area contributed by atoms with Gasteiger partial charge in [0.2, 0.25) is 0 Å². The lowest BCUT2D eigenvalue weighted by molar-refractivity contribution is -0.0205. The van der Waals surface area contributed by atoms with Crippen LogP contribution in [0.2, 0.25) is 0 Å². The average Bonchev–Trinajstić information content (AvgIpc) is 2.66. The molecule has 0 heterocycles. The highest BCUT2D eigenvalue weighted by Crippen LogP contribution is 1.88. The second kappa shape index (κ2) is 24.7. The molecule has 0 amide bonds. The molecule has 0 saturated heterocycles. The molecule has 0 radical (unpaired) electrons. The van der Waals surface area contributed by atoms with Gasteiger partial charge < -0.3 is 33.2 Å². The standard InChI is InChI=1S/C19H40O7/c1-3-5-7-21-9-11-23-13-15-25-17-19-26-18-16-24-14-12-22-10-8-20-6-4-2/h3-19H2,1-2H3. The van der Waals surface area contributed by atoms with E-state index in [1.165, 1.54) is 0 Å². The van der Waals surface area contributed by atoms with Crippen LogP contribution in [-0.2, 0) is 33.2 Å². The second-order valence-electron chi connectivity index (χ2n) is 5.64. The van der Waals surface area contributed by atoms with Crippen LogP contribution in [0.5, 0.6) is 0 Å². The van der Waals surface area contributed by atoms with Gasteiger partial charge in [-0.1, -0.05) is 20.3 Å². The van der Waals surface area contributed by atoms with Crippen molar-refractivity contribution in [2.75, 3.05) is 92.5 Å². The van der Waals surface area contributed by atoms with E-state index in [0.717, 1.165) is 32.5 Å². The van der Waals surface area contributed by atoms with Gasteiger partial charge in [0.15, 0.2) is 0 Å². The quantitative estimate of drug-likeness (QED) is 0.252. The summed E-state index contributed by atoms with van der Waals surface area (Å²) in [6, 6.07) is 0. The van der Waals surface area contributed by atoms with Crippen molar-refractivity contribution in [2.45, 2.75) is 33.1 Å². The predicted octanol–water partition coefficient (Wildman–Crippen LogP) is 2.31. The average molecular weight is 381 g/mol. The Morgan fingerprint density at radius 3 is 0.846 bits per heavy atom. The fraction of sp³-hybridized carbons (Fsp3) is 1.00. The third kappa shape index (κ3) is 23.7. The van der Waals surface area contributed by atoms with E-state index >= 15 is 0 Å². The zero-order chi connectivity index (χ0) is 19.0. The van der Waals surface area contributed by atoms with Gasteiger partial charge in [0.05, 0.1) is 79.3 Å². The summed E-state index contributed by atoms with van der Waals surface area (Å²) in [5.41, 5.74) is 0. The minimum Gasteiger partial charge on any atom is -0.379 e. The van der Waals surface area contributed by atoms with Crippen LogP contribution in [0, 0.1) is 0 Å². The van der Waals surface area contributed by atoms with E-state index in [-0.39, 0.29) is 0 Å². The minimum absolute atomic E-state index is 0.564. The van der Waals surface area contributed by atoms with Gasteiger partial charge in [-0.05, 0) is 12.8 Å². The Balaban J connectivity index is 2.95.